The van der Waals surface area contributed by atoms with Gasteiger partial charge in [0.05, 0.1) is 5.25 Å². The fourth-order valence-corrected chi connectivity index (χ4v) is 2.98. The zero-order valence-corrected chi connectivity index (χ0v) is 12.4. The van der Waals surface area contributed by atoms with Crippen molar-refractivity contribution in [1.29, 1.82) is 0 Å². The van der Waals surface area contributed by atoms with Gasteiger partial charge >= 0.3 is 0 Å². The lowest BCUT2D eigenvalue weighted by Crippen LogP contribution is -2.13. The first-order chi connectivity index (χ1) is 8.22. The molecule has 0 aliphatic heterocycles. The topological polar surface area (TPSA) is 37.3 Å². The minimum atomic E-state index is -1.61. The summed E-state index contributed by atoms with van der Waals surface area (Å²) in [7, 11) is 0. The van der Waals surface area contributed by atoms with E-state index < -0.39 is 11.1 Å². The molecule has 0 aromatic heterocycles. The maximum atomic E-state index is 11.0. The molecule has 0 radical (unpaired) electrons. The Balaban J connectivity index is 3.33. The summed E-state index contributed by atoms with van der Waals surface area (Å²) in [5, 5.41) is 0.0140. The van der Waals surface area contributed by atoms with Gasteiger partial charge in [0.15, 0.2) is 11.1 Å². The predicted octanol–water partition coefficient (Wildman–Crippen LogP) is 4.91. The lowest BCUT2D eigenvalue weighted by Gasteiger charge is -2.11. The Kier molecular flexibility index (Phi) is 12.6. The third-order valence-electron chi connectivity index (χ3n) is 3.28. The van der Waals surface area contributed by atoms with Gasteiger partial charge in [-0.2, -0.15) is 0 Å². The standard InChI is InChI=1S/C14H30O2S/c1-3-5-6-7-8-9-10-11-13-14(12-4-2)17(15)16/h14H,3-13H2,1-2H3,(H,15,16). The average Bonchev–Trinajstić information content (AvgIpc) is 2.31. The van der Waals surface area contributed by atoms with Crippen molar-refractivity contribution in [2.75, 3.05) is 0 Å². The molecule has 0 heterocycles. The SMILES string of the molecule is CCCCCCCCCCC(CCC)S(=O)O. The van der Waals surface area contributed by atoms with Crippen LogP contribution in [0.15, 0.2) is 0 Å². The van der Waals surface area contributed by atoms with Crippen LogP contribution in [-0.2, 0) is 11.1 Å². The molecule has 0 amide bonds. The summed E-state index contributed by atoms with van der Waals surface area (Å²) in [5.74, 6) is 0. The van der Waals surface area contributed by atoms with E-state index in [9.17, 15) is 4.21 Å². The maximum absolute atomic E-state index is 11.0. The van der Waals surface area contributed by atoms with Crippen LogP contribution in [0.1, 0.15) is 84.5 Å². The molecule has 17 heavy (non-hydrogen) atoms. The summed E-state index contributed by atoms with van der Waals surface area (Å²) in [5.41, 5.74) is 0. The lowest BCUT2D eigenvalue weighted by atomic mass is 10.1. The van der Waals surface area contributed by atoms with Crippen LogP contribution in [0.4, 0.5) is 0 Å². The minimum Gasteiger partial charge on any atom is -0.306 e. The molecular weight excluding hydrogens is 232 g/mol. The molecule has 0 aromatic carbocycles. The van der Waals surface area contributed by atoms with Gasteiger partial charge in [-0.1, -0.05) is 71.6 Å². The van der Waals surface area contributed by atoms with Crippen LogP contribution in [0, 0.1) is 0 Å². The highest BCUT2D eigenvalue weighted by Gasteiger charge is 2.12. The molecule has 0 aromatic rings. The van der Waals surface area contributed by atoms with E-state index in [0.29, 0.717) is 0 Å². The molecule has 0 rings (SSSR count). The molecule has 0 spiro atoms. The second-order valence-electron chi connectivity index (χ2n) is 4.95. The molecule has 2 nitrogen and oxygen atoms in total. The Morgan fingerprint density at radius 3 is 1.82 bits per heavy atom. The maximum Gasteiger partial charge on any atom is 0.155 e. The summed E-state index contributed by atoms with van der Waals surface area (Å²) in [6.45, 7) is 4.32. The highest BCUT2D eigenvalue weighted by Crippen LogP contribution is 2.15. The quantitative estimate of drug-likeness (QED) is 0.401. The number of hydrogen-bond donors (Lipinski definition) is 1. The Morgan fingerprint density at radius 2 is 1.35 bits per heavy atom. The van der Waals surface area contributed by atoms with E-state index in [1.54, 1.807) is 0 Å². The predicted molar refractivity (Wildman–Crippen MR) is 76.7 cm³/mol. The van der Waals surface area contributed by atoms with Gasteiger partial charge in [0.25, 0.3) is 0 Å². The Labute approximate surface area is 110 Å². The third-order valence-corrected chi connectivity index (χ3v) is 4.32. The number of unbranched alkanes of at least 4 members (excludes halogenated alkanes) is 7. The fourth-order valence-electron chi connectivity index (χ4n) is 2.17. The van der Waals surface area contributed by atoms with Crippen molar-refractivity contribution in [3.8, 4) is 0 Å². The Hall–Kier alpha value is 0.110. The lowest BCUT2D eigenvalue weighted by molar-refractivity contribution is 0.509. The van der Waals surface area contributed by atoms with E-state index in [-0.39, 0.29) is 5.25 Å². The Morgan fingerprint density at radius 1 is 0.824 bits per heavy atom. The van der Waals surface area contributed by atoms with Crippen molar-refractivity contribution < 1.29 is 8.76 Å². The molecule has 0 saturated heterocycles. The van der Waals surface area contributed by atoms with E-state index in [0.717, 1.165) is 25.7 Å². The Bertz CT molecular complexity index is 183. The highest BCUT2D eigenvalue weighted by molar-refractivity contribution is 7.79. The van der Waals surface area contributed by atoms with E-state index >= 15 is 0 Å². The molecule has 0 aliphatic rings. The van der Waals surface area contributed by atoms with Crippen LogP contribution in [0.2, 0.25) is 0 Å². The first-order valence-corrected chi connectivity index (χ1v) is 8.49. The summed E-state index contributed by atoms with van der Waals surface area (Å²) in [4.78, 5) is 0. The molecule has 0 aliphatic carbocycles. The second kappa shape index (κ2) is 12.6. The molecule has 0 bridgehead atoms. The minimum absolute atomic E-state index is 0.0140. The van der Waals surface area contributed by atoms with Crippen molar-refractivity contribution in [1.82, 2.24) is 0 Å². The van der Waals surface area contributed by atoms with Gasteiger partial charge in [0.1, 0.15) is 0 Å². The van der Waals surface area contributed by atoms with E-state index in [1.807, 2.05) is 0 Å². The summed E-state index contributed by atoms with van der Waals surface area (Å²) >= 11 is -1.61. The number of hydrogen-bond acceptors (Lipinski definition) is 1. The van der Waals surface area contributed by atoms with Gasteiger partial charge in [-0.05, 0) is 12.8 Å². The highest BCUT2D eigenvalue weighted by atomic mass is 32.2. The van der Waals surface area contributed by atoms with Crippen molar-refractivity contribution in [2.24, 2.45) is 0 Å². The van der Waals surface area contributed by atoms with Crippen LogP contribution < -0.4 is 0 Å². The first kappa shape index (κ1) is 17.1. The van der Waals surface area contributed by atoms with Crippen molar-refractivity contribution in [3.63, 3.8) is 0 Å². The number of rotatable bonds is 12. The van der Waals surface area contributed by atoms with Gasteiger partial charge in [0, 0.05) is 0 Å². The summed E-state index contributed by atoms with van der Waals surface area (Å²) in [6, 6.07) is 0. The second-order valence-corrected chi connectivity index (χ2v) is 6.17. The van der Waals surface area contributed by atoms with Crippen LogP contribution in [0.5, 0.6) is 0 Å². The van der Waals surface area contributed by atoms with E-state index in [2.05, 4.69) is 13.8 Å². The molecule has 104 valence electrons. The summed E-state index contributed by atoms with van der Waals surface area (Å²) < 4.78 is 20.2. The third kappa shape index (κ3) is 11.0. The zero-order chi connectivity index (χ0) is 12.9. The van der Waals surface area contributed by atoms with Gasteiger partial charge < -0.3 is 4.55 Å². The van der Waals surface area contributed by atoms with Crippen LogP contribution >= 0.6 is 0 Å². The normalized spacial score (nSPS) is 14.8. The van der Waals surface area contributed by atoms with E-state index in [1.165, 1.54) is 44.9 Å². The van der Waals surface area contributed by atoms with Crippen molar-refractivity contribution >= 4 is 11.1 Å². The van der Waals surface area contributed by atoms with Gasteiger partial charge in [-0.25, -0.2) is 4.21 Å². The van der Waals surface area contributed by atoms with Crippen LogP contribution in [-0.4, -0.2) is 14.0 Å². The first-order valence-electron chi connectivity index (χ1n) is 7.32. The monoisotopic (exact) mass is 262 g/mol. The molecular formula is C14H30O2S. The molecule has 1 N–H and O–H groups in total. The fraction of sp³-hybridized carbons (Fsp3) is 1.00. The van der Waals surface area contributed by atoms with Gasteiger partial charge in [-0.15, -0.1) is 0 Å². The molecule has 2 atom stereocenters. The van der Waals surface area contributed by atoms with E-state index in [4.69, 9.17) is 4.55 Å². The molecule has 0 fully saturated rings. The average molecular weight is 262 g/mol. The molecule has 0 saturated carbocycles. The van der Waals surface area contributed by atoms with Crippen LogP contribution in [0.3, 0.4) is 0 Å². The molecule has 3 heteroatoms. The van der Waals surface area contributed by atoms with Gasteiger partial charge in [-0.3, -0.25) is 0 Å². The summed E-state index contributed by atoms with van der Waals surface area (Å²) in [6.07, 6.45) is 13.2. The van der Waals surface area contributed by atoms with Gasteiger partial charge in [0.2, 0.25) is 0 Å². The van der Waals surface area contributed by atoms with Crippen molar-refractivity contribution in [2.45, 2.75) is 89.7 Å². The largest absolute Gasteiger partial charge is 0.306 e. The van der Waals surface area contributed by atoms with Crippen LogP contribution in [0.25, 0.3) is 0 Å². The van der Waals surface area contributed by atoms with Crippen molar-refractivity contribution in [3.05, 3.63) is 0 Å². The zero-order valence-electron chi connectivity index (χ0n) is 11.6. The smallest absolute Gasteiger partial charge is 0.155 e. The molecule has 2 unspecified atom stereocenters.